The van der Waals surface area contributed by atoms with Crippen LogP contribution < -0.4 is 5.32 Å². The minimum atomic E-state index is -4.01. The first-order valence-electron chi connectivity index (χ1n) is 7.31. The summed E-state index contributed by atoms with van der Waals surface area (Å²) in [6.45, 7) is 2.79. The second kappa shape index (κ2) is 6.61. The van der Waals surface area contributed by atoms with E-state index < -0.39 is 12.6 Å². The summed E-state index contributed by atoms with van der Waals surface area (Å²) in [6.07, 6.45) is -1.64. The predicted molar refractivity (Wildman–Crippen MR) is 74.9 cm³/mol. The van der Waals surface area contributed by atoms with Crippen molar-refractivity contribution in [3.63, 3.8) is 0 Å². The zero-order chi connectivity index (χ0) is 14.6. The van der Waals surface area contributed by atoms with Gasteiger partial charge in [0.25, 0.3) is 0 Å². The van der Waals surface area contributed by atoms with E-state index in [9.17, 15) is 13.2 Å². The molecule has 1 N–H and O–H groups in total. The van der Waals surface area contributed by atoms with Crippen LogP contribution >= 0.6 is 0 Å². The highest BCUT2D eigenvalue weighted by molar-refractivity contribution is 5.27. The average molecular weight is 285 g/mol. The number of hydrogen-bond acceptors (Lipinski definition) is 1. The molecular weight excluding hydrogens is 263 g/mol. The van der Waals surface area contributed by atoms with Crippen LogP contribution in [0.1, 0.15) is 49.1 Å². The molecule has 0 heterocycles. The molecule has 1 fully saturated rings. The lowest BCUT2D eigenvalue weighted by atomic mass is 9.75. The maximum absolute atomic E-state index is 12.0. The molecule has 1 aromatic carbocycles. The smallest absolute Gasteiger partial charge is 0.314 e. The van der Waals surface area contributed by atoms with Crippen molar-refractivity contribution >= 4 is 0 Å². The number of aryl methyl sites for hydroxylation is 1. The van der Waals surface area contributed by atoms with Gasteiger partial charge in [-0.3, -0.25) is 0 Å². The van der Waals surface area contributed by atoms with E-state index in [0.29, 0.717) is 24.9 Å². The van der Waals surface area contributed by atoms with Crippen LogP contribution in [0.15, 0.2) is 24.3 Å². The molecule has 4 heteroatoms. The molecule has 0 unspecified atom stereocenters. The first-order valence-corrected chi connectivity index (χ1v) is 7.31. The molecule has 1 saturated carbocycles. The summed E-state index contributed by atoms with van der Waals surface area (Å²) in [5.41, 5.74) is 2.67. The topological polar surface area (TPSA) is 12.0 Å². The molecule has 0 radical (unpaired) electrons. The predicted octanol–water partition coefficient (Wildman–Crippen LogP) is 4.56. The first-order chi connectivity index (χ1) is 9.44. The van der Waals surface area contributed by atoms with Crippen molar-refractivity contribution in [2.75, 3.05) is 6.54 Å². The Morgan fingerprint density at radius 2 is 1.95 bits per heavy atom. The number of unbranched alkanes of at least 4 members (excludes halogenated alkanes) is 1. The van der Waals surface area contributed by atoms with Crippen molar-refractivity contribution < 1.29 is 13.2 Å². The molecule has 0 aromatic heterocycles. The lowest BCUT2D eigenvalue weighted by molar-refractivity contribution is -0.135. The van der Waals surface area contributed by atoms with Crippen LogP contribution in [0.2, 0.25) is 0 Å². The van der Waals surface area contributed by atoms with Crippen molar-refractivity contribution in [3.05, 3.63) is 35.4 Å². The molecule has 20 heavy (non-hydrogen) atoms. The monoisotopic (exact) mass is 285 g/mol. The van der Waals surface area contributed by atoms with Crippen LogP contribution in [0.5, 0.6) is 0 Å². The van der Waals surface area contributed by atoms with Crippen LogP contribution in [-0.2, 0) is 0 Å². The molecule has 0 atom stereocenters. The van der Waals surface area contributed by atoms with Gasteiger partial charge in [0.15, 0.2) is 0 Å². The van der Waals surface area contributed by atoms with Gasteiger partial charge in [0.05, 0.1) is 0 Å². The Bertz CT molecular complexity index is 422. The van der Waals surface area contributed by atoms with Crippen LogP contribution in [0.4, 0.5) is 13.2 Å². The zero-order valence-corrected chi connectivity index (χ0v) is 11.8. The van der Waals surface area contributed by atoms with Crippen molar-refractivity contribution in [3.8, 4) is 0 Å². The zero-order valence-electron chi connectivity index (χ0n) is 11.8. The largest absolute Gasteiger partial charge is 0.389 e. The Labute approximate surface area is 118 Å². The molecule has 0 bridgehead atoms. The Morgan fingerprint density at radius 3 is 2.60 bits per heavy atom. The quantitative estimate of drug-likeness (QED) is 0.755. The Hall–Kier alpha value is -1.03. The van der Waals surface area contributed by atoms with E-state index in [1.165, 1.54) is 11.1 Å². The summed E-state index contributed by atoms with van der Waals surface area (Å²) in [4.78, 5) is 0. The molecule has 1 aromatic rings. The molecule has 0 saturated heterocycles. The first kappa shape index (κ1) is 15.4. The summed E-state index contributed by atoms with van der Waals surface area (Å²) < 4.78 is 35.9. The molecule has 1 aliphatic carbocycles. The molecule has 0 aliphatic heterocycles. The van der Waals surface area contributed by atoms with Gasteiger partial charge in [0.2, 0.25) is 0 Å². The highest BCUT2D eigenvalue weighted by Crippen LogP contribution is 2.37. The Balaban J connectivity index is 1.58. The minimum Gasteiger partial charge on any atom is -0.314 e. The lowest BCUT2D eigenvalue weighted by Crippen LogP contribution is -2.40. The number of benzene rings is 1. The van der Waals surface area contributed by atoms with Crippen LogP contribution in [0.25, 0.3) is 0 Å². The van der Waals surface area contributed by atoms with Gasteiger partial charge in [-0.15, -0.1) is 0 Å². The summed E-state index contributed by atoms with van der Waals surface area (Å²) in [7, 11) is 0. The maximum Gasteiger partial charge on any atom is 0.389 e. The summed E-state index contributed by atoms with van der Waals surface area (Å²) in [5.74, 6) is 0.613. The Morgan fingerprint density at radius 1 is 1.20 bits per heavy atom. The van der Waals surface area contributed by atoms with E-state index in [1.54, 1.807) is 0 Å². The van der Waals surface area contributed by atoms with E-state index in [4.69, 9.17) is 0 Å². The van der Waals surface area contributed by atoms with E-state index in [0.717, 1.165) is 12.8 Å². The summed E-state index contributed by atoms with van der Waals surface area (Å²) >= 11 is 0. The fourth-order valence-corrected chi connectivity index (χ4v) is 2.74. The third kappa shape index (κ3) is 4.82. The summed E-state index contributed by atoms with van der Waals surface area (Å²) in [6, 6.07) is 9.05. The van der Waals surface area contributed by atoms with Crippen LogP contribution in [0, 0.1) is 6.92 Å². The third-order valence-electron chi connectivity index (χ3n) is 3.97. The van der Waals surface area contributed by atoms with Gasteiger partial charge in [0.1, 0.15) is 0 Å². The molecule has 112 valence electrons. The van der Waals surface area contributed by atoms with E-state index in [-0.39, 0.29) is 6.42 Å². The van der Waals surface area contributed by atoms with E-state index >= 15 is 0 Å². The number of halogens is 3. The van der Waals surface area contributed by atoms with Gasteiger partial charge in [-0.2, -0.15) is 13.2 Å². The van der Waals surface area contributed by atoms with Gasteiger partial charge >= 0.3 is 6.18 Å². The van der Waals surface area contributed by atoms with Crippen molar-refractivity contribution in [2.45, 2.75) is 57.2 Å². The highest BCUT2D eigenvalue weighted by Gasteiger charge is 2.30. The van der Waals surface area contributed by atoms with Gasteiger partial charge in [-0.1, -0.05) is 29.8 Å². The second-order valence-electron chi connectivity index (χ2n) is 5.81. The summed E-state index contributed by atoms with van der Waals surface area (Å²) in [5, 5.41) is 3.35. The van der Waals surface area contributed by atoms with Gasteiger partial charge in [0, 0.05) is 12.5 Å². The molecule has 1 nitrogen and oxygen atoms in total. The van der Waals surface area contributed by atoms with Gasteiger partial charge in [-0.25, -0.2) is 0 Å². The minimum absolute atomic E-state index is 0.227. The van der Waals surface area contributed by atoms with E-state index in [2.05, 4.69) is 36.5 Å². The SMILES string of the molecule is Cc1cccc(C2CC(NCCCCC(F)(F)F)C2)c1. The highest BCUT2D eigenvalue weighted by atomic mass is 19.4. The van der Waals surface area contributed by atoms with Crippen molar-refractivity contribution in [1.82, 2.24) is 5.32 Å². The van der Waals surface area contributed by atoms with Gasteiger partial charge in [-0.05, 0) is 50.6 Å². The maximum atomic E-state index is 12.0. The fourth-order valence-electron chi connectivity index (χ4n) is 2.74. The lowest BCUT2D eigenvalue weighted by Gasteiger charge is -2.36. The molecule has 2 rings (SSSR count). The van der Waals surface area contributed by atoms with Crippen molar-refractivity contribution in [1.29, 1.82) is 0 Å². The molecule has 1 aliphatic rings. The number of rotatable bonds is 6. The molecular formula is C16H22F3N. The number of hydrogen-bond donors (Lipinski definition) is 1. The fraction of sp³-hybridized carbons (Fsp3) is 0.625. The molecule has 0 amide bonds. The van der Waals surface area contributed by atoms with Gasteiger partial charge < -0.3 is 5.32 Å². The molecule has 0 spiro atoms. The Kier molecular flexibility index (Phi) is 5.08. The normalized spacial score (nSPS) is 22.6. The number of alkyl halides is 3. The standard InChI is InChI=1S/C16H22F3N/c1-12-5-4-6-13(9-12)14-10-15(11-14)20-8-3-2-7-16(17,18)19/h4-6,9,14-15,20H,2-3,7-8,10-11H2,1H3. The van der Waals surface area contributed by atoms with Crippen molar-refractivity contribution in [2.24, 2.45) is 0 Å². The van der Waals surface area contributed by atoms with Crippen LogP contribution in [-0.4, -0.2) is 18.8 Å². The van der Waals surface area contributed by atoms with E-state index in [1.807, 2.05) is 0 Å². The average Bonchev–Trinajstić information content (AvgIpc) is 2.29. The number of nitrogens with one attached hydrogen (secondary N) is 1. The third-order valence-corrected chi connectivity index (χ3v) is 3.97. The second-order valence-corrected chi connectivity index (χ2v) is 5.81. The van der Waals surface area contributed by atoms with Crippen LogP contribution in [0.3, 0.4) is 0 Å².